The molecule has 61 heavy (non-hydrogen) atoms. The highest BCUT2D eigenvalue weighted by Gasteiger charge is 2.18. The number of amides is 6. The van der Waals surface area contributed by atoms with E-state index < -0.39 is 34.5 Å². The normalized spacial score (nSPS) is 9.90. The Morgan fingerprint density at radius 1 is 0.557 bits per heavy atom. The Balaban J connectivity index is 0.000000202. The standard InChI is InChI=1S/C14H10BrN3O2.C13H9BrCl2N2O2.C13H10BrN3O4/c15-10-3-1-2-4-11(10)17-14(20)18-12-6-5-9(8-16)7-13(12)19;14-7-3-1-2-4-9(7)17-13(20)18-10-6-5-8(15)11(16)12(10)19;14-8-4-1-2-5-9(8)15-13(19)16-10-6-3-7-11(12(10)18)17(20)21/h1-7,19H,(H2,17,18,20);1-6,19H,(H2,17,18,20);1-7,18H,(H2,15,16,19). The van der Waals surface area contributed by atoms with Crippen molar-refractivity contribution in [3.8, 4) is 23.3 Å². The molecule has 0 radical (unpaired) electrons. The molecule has 9 N–H and O–H groups in total. The van der Waals surface area contributed by atoms with E-state index in [9.17, 15) is 39.8 Å². The first-order chi connectivity index (χ1) is 29.1. The molecule has 0 fully saturated rings. The van der Waals surface area contributed by atoms with Gasteiger partial charge in [-0.1, -0.05) is 65.7 Å². The Hall–Kier alpha value is -6.56. The highest BCUT2D eigenvalue weighted by atomic mass is 79.9. The first kappa shape index (κ1) is 47.1. The molecule has 16 nitrogen and oxygen atoms in total. The van der Waals surface area contributed by atoms with Gasteiger partial charge in [0.15, 0.2) is 5.75 Å². The van der Waals surface area contributed by atoms with Crippen molar-refractivity contribution in [2.24, 2.45) is 0 Å². The lowest BCUT2D eigenvalue weighted by atomic mass is 10.2. The largest absolute Gasteiger partial charge is 0.506 e. The van der Waals surface area contributed by atoms with Gasteiger partial charge in [0, 0.05) is 19.5 Å². The number of urea groups is 3. The molecule has 6 aromatic rings. The second-order valence-electron chi connectivity index (χ2n) is 11.7. The Labute approximate surface area is 382 Å². The number of benzene rings is 6. The molecule has 21 heteroatoms. The summed E-state index contributed by atoms with van der Waals surface area (Å²) in [7, 11) is 0. The molecule has 6 aromatic carbocycles. The molecule has 0 aliphatic carbocycles. The molecule has 0 aromatic heterocycles. The number of phenols is 3. The zero-order valence-electron chi connectivity index (χ0n) is 30.7. The molecule has 0 saturated heterocycles. The van der Waals surface area contributed by atoms with E-state index in [2.05, 4.69) is 79.7 Å². The van der Waals surface area contributed by atoms with Crippen LogP contribution in [0.5, 0.6) is 17.2 Å². The van der Waals surface area contributed by atoms with Crippen LogP contribution in [0.4, 0.5) is 54.2 Å². The zero-order chi connectivity index (χ0) is 44.6. The number of nitrogens with zero attached hydrogens (tertiary/aromatic N) is 2. The minimum atomic E-state index is -0.730. The highest BCUT2D eigenvalue weighted by molar-refractivity contribution is 9.11. The van der Waals surface area contributed by atoms with Crippen LogP contribution in [0.2, 0.25) is 10.0 Å². The molecule has 312 valence electrons. The molecule has 0 atom stereocenters. The van der Waals surface area contributed by atoms with E-state index in [1.165, 1.54) is 42.5 Å². The number of nitro groups is 1. The summed E-state index contributed by atoms with van der Waals surface area (Å²) in [5.74, 6) is -1.03. The fraction of sp³-hybridized carbons (Fsp3) is 0. The van der Waals surface area contributed by atoms with Gasteiger partial charge in [0.1, 0.15) is 10.8 Å². The van der Waals surface area contributed by atoms with Crippen LogP contribution in [0.3, 0.4) is 0 Å². The topological polar surface area (TPSA) is 251 Å². The summed E-state index contributed by atoms with van der Waals surface area (Å²) in [6.45, 7) is 0. The van der Waals surface area contributed by atoms with E-state index in [0.29, 0.717) is 27.1 Å². The predicted molar refractivity (Wildman–Crippen MR) is 246 cm³/mol. The van der Waals surface area contributed by atoms with Gasteiger partial charge >= 0.3 is 23.8 Å². The lowest BCUT2D eigenvalue weighted by Crippen LogP contribution is -2.19. The summed E-state index contributed by atoms with van der Waals surface area (Å²) in [6.07, 6.45) is 0. The number of anilines is 6. The van der Waals surface area contributed by atoms with Gasteiger partial charge in [-0.15, -0.1) is 0 Å². The minimum Gasteiger partial charge on any atom is -0.506 e. The first-order valence-corrected chi connectivity index (χ1v) is 20.1. The van der Waals surface area contributed by atoms with Crippen molar-refractivity contribution in [1.82, 2.24) is 0 Å². The maximum absolute atomic E-state index is 11.9. The second-order valence-corrected chi connectivity index (χ2v) is 15.1. The molecule has 0 unspecified atom stereocenters. The van der Waals surface area contributed by atoms with Crippen LogP contribution in [0.25, 0.3) is 0 Å². The van der Waals surface area contributed by atoms with Crippen LogP contribution >= 0.6 is 71.0 Å². The average molecular weight is 1060 g/mol. The zero-order valence-corrected chi connectivity index (χ0v) is 37.0. The number of para-hydroxylation sites is 4. The minimum absolute atomic E-state index is 0.00893. The molecule has 0 aliphatic rings. The summed E-state index contributed by atoms with van der Waals surface area (Å²) in [5.41, 5.74) is 1.93. The van der Waals surface area contributed by atoms with Gasteiger partial charge in [0.25, 0.3) is 0 Å². The number of hydrogen-bond donors (Lipinski definition) is 9. The molecule has 6 rings (SSSR count). The number of nitriles is 1. The van der Waals surface area contributed by atoms with Crippen molar-refractivity contribution in [3.05, 3.63) is 160 Å². The van der Waals surface area contributed by atoms with Crippen molar-refractivity contribution in [2.45, 2.75) is 0 Å². The summed E-state index contributed by atoms with van der Waals surface area (Å²) in [5, 5.41) is 64.0. The van der Waals surface area contributed by atoms with Crippen LogP contribution in [-0.2, 0) is 0 Å². The number of nitrogens with one attached hydrogen (secondary N) is 6. The van der Waals surface area contributed by atoms with Gasteiger partial charge in [-0.05, 0) is 121 Å². The van der Waals surface area contributed by atoms with Crippen molar-refractivity contribution in [3.63, 3.8) is 0 Å². The van der Waals surface area contributed by atoms with Gasteiger partial charge in [-0.3, -0.25) is 10.1 Å². The lowest BCUT2D eigenvalue weighted by molar-refractivity contribution is -0.385. The third-order valence-electron chi connectivity index (χ3n) is 7.52. The third kappa shape index (κ3) is 14.0. The molecule has 0 aliphatic heterocycles. The van der Waals surface area contributed by atoms with E-state index in [1.807, 2.05) is 18.2 Å². The molecular weight excluding hydrogens is 1030 g/mol. The number of rotatable bonds is 7. The molecule has 0 spiro atoms. The number of nitro benzene ring substituents is 1. The lowest BCUT2D eigenvalue weighted by Gasteiger charge is -2.11. The Bertz CT molecular complexity index is 2640. The van der Waals surface area contributed by atoms with E-state index in [0.717, 1.165) is 15.0 Å². The highest BCUT2D eigenvalue weighted by Crippen LogP contribution is 2.37. The number of hydrogen-bond acceptors (Lipinski definition) is 9. The monoisotopic (exact) mass is 1060 g/mol. The number of carbonyl (C=O) groups is 3. The molecule has 6 amide bonds. The van der Waals surface area contributed by atoms with Gasteiger partial charge in [0.2, 0.25) is 5.75 Å². The third-order valence-corrected chi connectivity index (χ3v) is 10.4. The van der Waals surface area contributed by atoms with Crippen LogP contribution in [0.1, 0.15) is 5.56 Å². The quantitative estimate of drug-likeness (QED) is 0.0418. The van der Waals surface area contributed by atoms with Gasteiger partial charge in [-0.25, -0.2) is 14.4 Å². The van der Waals surface area contributed by atoms with E-state index in [-0.39, 0.29) is 38.6 Å². The Morgan fingerprint density at radius 2 is 0.951 bits per heavy atom. The number of phenolic OH excluding ortho intramolecular Hbond substituents is 3. The Kier molecular flexibility index (Phi) is 17.5. The van der Waals surface area contributed by atoms with E-state index in [1.54, 1.807) is 60.7 Å². The van der Waals surface area contributed by atoms with Crippen LogP contribution in [0, 0.1) is 21.4 Å². The van der Waals surface area contributed by atoms with Crippen LogP contribution in [-0.4, -0.2) is 38.3 Å². The maximum Gasteiger partial charge on any atom is 0.323 e. The SMILES string of the molecule is N#Cc1ccc(NC(=O)Nc2ccccc2Br)c(O)c1.O=C(Nc1ccccc1Br)Nc1ccc(Cl)c(Cl)c1O.O=C(Nc1ccccc1Br)Nc1cccc([N+](=O)[O-])c1O. The van der Waals surface area contributed by atoms with Crippen molar-refractivity contribution in [2.75, 3.05) is 31.9 Å². The Morgan fingerprint density at radius 3 is 1.38 bits per heavy atom. The number of aromatic hydroxyl groups is 3. The second kappa shape index (κ2) is 22.7. The smallest absolute Gasteiger partial charge is 0.323 e. The van der Waals surface area contributed by atoms with E-state index in [4.69, 9.17) is 28.5 Å². The van der Waals surface area contributed by atoms with Crippen molar-refractivity contribution >= 4 is 129 Å². The fourth-order valence-electron chi connectivity index (χ4n) is 4.64. The van der Waals surface area contributed by atoms with Crippen molar-refractivity contribution in [1.29, 1.82) is 5.26 Å². The van der Waals surface area contributed by atoms with Crippen LogP contribution < -0.4 is 31.9 Å². The average Bonchev–Trinajstić information content (AvgIpc) is 3.22. The van der Waals surface area contributed by atoms with Crippen LogP contribution in [0.15, 0.2) is 135 Å². The maximum atomic E-state index is 11.9. The summed E-state index contributed by atoms with van der Waals surface area (Å²) in [6, 6.07) is 32.6. The first-order valence-electron chi connectivity index (χ1n) is 16.9. The molecule has 0 heterocycles. The fourth-order valence-corrected chi connectivity index (χ4v) is 6.11. The number of carbonyl (C=O) groups excluding carboxylic acids is 3. The molecular formula is C40H29Br3Cl2N8O8. The van der Waals surface area contributed by atoms with Gasteiger partial charge in [-0.2, -0.15) is 5.26 Å². The predicted octanol–water partition coefficient (Wildman–Crippen LogP) is 12.5. The number of halogens is 5. The van der Waals surface area contributed by atoms with Gasteiger partial charge in [0.05, 0.1) is 55.7 Å². The van der Waals surface area contributed by atoms with Crippen molar-refractivity contribution < 1.29 is 34.6 Å². The molecule has 0 bridgehead atoms. The van der Waals surface area contributed by atoms with E-state index >= 15 is 0 Å². The van der Waals surface area contributed by atoms with Gasteiger partial charge < -0.3 is 47.2 Å². The molecule has 0 saturated carbocycles. The summed E-state index contributed by atoms with van der Waals surface area (Å²) >= 11 is 21.4. The summed E-state index contributed by atoms with van der Waals surface area (Å²) in [4.78, 5) is 45.5. The summed E-state index contributed by atoms with van der Waals surface area (Å²) < 4.78 is 2.18.